The Kier molecular flexibility index (Phi) is 5.02. The number of hydrogen-bond acceptors (Lipinski definition) is 2. The number of halogens is 3. The molecule has 1 atom stereocenters. The second kappa shape index (κ2) is 6.57. The monoisotopic (exact) mass is 357 g/mol. The third-order valence-electron chi connectivity index (χ3n) is 3.09. The molecule has 2 aromatic rings. The van der Waals surface area contributed by atoms with Gasteiger partial charge in [-0.1, -0.05) is 23.7 Å². The minimum Gasteiger partial charge on any atom is -0.496 e. The van der Waals surface area contributed by atoms with Gasteiger partial charge in [0.15, 0.2) is 0 Å². The molecular formula is C15H14BrClFNO. The first kappa shape index (κ1) is 15.3. The van der Waals surface area contributed by atoms with Crippen LogP contribution >= 0.6 is 27.5 Å². The molecule has 2 nitrogen and oxygen atoms in total. The van der Waals surface area contributed by atoms with E-state index in [0.29, 0.717) is 17.0 Å². The molecule has 0 aliphatic carbocycles. The number of methoxy groups -OCH3 is 1. The lowest BCUT2D eigenvalue weighted by atomic mass is 9.99. The van der Waals surface area contributed by atoms with Crippen molar-refractivity contribution in [1.82, 2.24) is 0 Å². The van der Waals surface area contributed by atoms with Gasteiger partial charge in [-0.05, 0) is 52.2 Å². The van der Waals surface area contributed by atoms with Crippen LogP contribution in [0.15, 0.2) is 40.9 Å². The van der Waals surface area contributed by atoms with E-state index in [1.807, 2.05) is 18.2 Å². The Balaban J connectivity index is 2.24. The molecule has 0 radical (unpaired) electrons. The zero-order chi connectivity index (χ0) is 14.7. The molecule has 1 unspecified atom stereocenters. The lowest BCUT2D eigenvalue weighted by Crippen LogP contribution is -2.14. The first-order valence-corrected chi connectivity index (χ1v) is 7.22. The van der Waals surface area contributed by atoms with Crippen LogP contribution in [0.1, 0.15) is 17.2 Å². The van der Waals surface area contributed by atoms with Gasteiger partial charge in [0.2, 0.25) is 0 Å². The standard InChI is InChI=1S/C15H14BrClFNO/c1-20-15-6-5-9(7-11(15)16)14(19)8-10-12(17)3-2-4-13(10)18/h2-7,14H,8,19H2,1H3. The Morgan fingerprint density at radius 1 is 1.35 bits per heavy atom. The highest BCUT2D eigenvalue weighted by Crippen LogP contribution is 2.30. The van der Waals surface area contributed by atoms with E-state index in [2.05, 4.69) is 15.9 Å². The van der Waals surface area contributed by atoms with Crippen LogP contribution in [0.2, 0.25) is 5.02 Å². The average Bonchev–Trinajstić information content (AvgIpc) is 2.42. The van der Waals surface area contributed by atoms with Crippen LogP contribution in [0, 0.1) is 5.82 Å². The van der Waals surface area contributed by atoms with Gasteiger partial charge in [-0.2, -0.15) is 0 Å². The topological polar surface area (TPSA) is 35.2 Å². The van der Waals surface area contributed by atoms with Crippen molar-refractivity contribution in [2.24, 2.45) is 5.73 Å². The molecule has 0 heterocycles. The molecule has 5 heteroatoms. The molecule has 0 amide bonds. The van der Waals surface area contributed by atoms with Crippen LogP contribution in [0.4, 0.5) is 4.39 Å². The van der Waals surface area contributed by atoms with E-state index in [9.17, 15) is 4.39 Å². The number of hydrogen-bond donors (Lipinski definition) is 1. The van der Waals surface area contributed by atoms with Gasteiger partial charge in [0.1, 0.15) is 11.6 Å². The SMILES string of the molecule is COc1ccc(C(N)Cc2c(F)cccc2Cl)cc1Br. The molecule has 0 bridgehead atoms. The van der Waals surface area contributed by atoms with E-state index in [0.717, 1.165) is 15.8 Å². The Hall–Kier alpha value is -1.10. The average molecular weight is 359 g/mol. The summed E-state index contributed by atoms with van der Waals surface area (Å²) in [6, 6.07) is 9.85. The third-order valence-corrected chi connectivity index (χ3v) is 4.06. The van der Waals surface area contributed by atoms with Crippen LogP contribution < -0.4 is 10.5 Å². The van der Waals surface area contributed by atoms with Crippen LogP contribution in [0.5, 0.6) is 5.75 Å². The van der Waals surface area contributed by atoms with Crippen LogP contribution in [0.25, 0.3) is 0 Å². The Bertz CT molecular complexity index is 601. The first-order valence-electron chi connectivity index (χ1n) is 6.05. The highest BCUT2D eigenvalue weighted by molar-refractivity contribution is 9.10. The van der Waals surface area contributed by atoms with Crippen molar-refractivity contribution < 1.29 is 9.13 Å². The summed E-state index contributed by atoms with van der Waals surface area (Å²) in [6.07, 6.45) is 0.338. The van der Waals surface area contributed by atoms with Gasteiger partial charge in [0.05, 0.1) is 11.6 Å². The molecule has 0 aromatic heterocycles. The van der Waals surface area contributed by atoms with Crippen LogP contribution in [0.3, 0.4) is 0 Å². The van der Waals surface area contributed by atoms with Gasteiger partial charge < -0.3 is 10.5 Å². The highest BCUT2D eigenvalue weighted by atomic mass is 79.9. The second-order valence-electron chi connectivity index (χ2n) is 4.40. The summed E-state index contributed by atoms with van der Waals surface area (Å²) in [5.41, 5.74) is 7.46. The molecule has 20 heavy (non-hydrogen) atoms. The molecule has 2 aromatic carbocycles. The molecule has 2 N–H and O–H groups in total. The maximum Gasteiger partial charge on any atom is 0.133 e. The Morgan fingerprint density at radius 3 is 2.70 bits per heavy atom. The summed E-state index contributed by atoms with van der Waals surface area (Å²) >= 11 is 9.42. The van der Waals surface area contributed by atoms with Gasteiger partial charge in [0.25, 0.3) is 0 Å². The van der Waals surface area contributed by atoms with Crippen molar-refractivity contribution in [3.05, 3.63) is 62.8 Å². The third kappa shape index (κ3) is 3.32. The maximum atomic E-state index is 13.8. The minimum atomic E-state index is -0.341. The van der Waals surface area contributed by atoms with Crippen molar-refractivity contribution in [2.75, 3.05) is 7.11 Å². The quantitative estimate of drug-likeness (QED) is 0.874. The van der Waals surface area contributed by atoms with E-state index in [4.69, 9.17) is 22.1 Å². The summed E-state index contributed by atoms with van der Waals surface area (Å²) in [4.78, 5) is 0. The minimum absolute atomic E-state index is 0.333. The van der Waals surface area contributed by atoms with Crippen molar-refractivity contribution >= 4 is 27.5 Å². The van der Waals surface area contributed by atoms with E-state index >= 15 is 0 Å². The van der Waals surface area contributed by atoms with E-state index in [1.54, 1.807) is 19.2 Å². The molecule has 0 spiro atoms. The fourth-order valence-electron chi connectivity index (χ4n) is 1.98. The maximum absolute atomic E-state index is 13.8. The zero-order valence-corrected chi connectivity index (χ0v) is 13.2. The summed E-state index contributed by atoms with van der Waals surface area (Å²) in [7, 11) is 1.60. The zero-order valence-electron chi connectivity index (χ0n) is 10.9. The van der Waals surface area contributed by atoms with Crippen LogP contribution in [-0.2, 0) is 6.42 Å². The molecule has 0 aliphatic heterocycles. The van der Waals surface area contributed by atoms with Gasteiger partial charge >= 0.3 is 0 Å². The molecule has 106 valence electrons. The van der Waals surface area contributed by atoms with Crippen LogP contribution in [-0.4, -0.2) is 7.11 Å². The second-order valence-corrected chi connectivity index (χ2v) is 5.67. The first-order chi connectivity index (χ1) is 9.52. The van der Waals surface area contributed by atoms with Gasteiger partial charge in [0, 0.05) is 16.6 Å². The van der Waals surface area contributed by atoms with Crippen molar-refractivity contribution in [2.45, 2.75) is 12.5 Å². The normalized spacial score (nSPS) is 12.2. The van der Waals surface area contributed by atoms with Gasteiger partial charge in [-0.3, -0.25) is 0 Å². The summed E-state index contributed by atoms with van der Waals surface area (Å²) in [6.45, 7) is 0. The van der Waals surface area contributed by atoms with E-state index < -0.39 is 0 Å². The van der Waals surface area contributed by atoms with Gasteiger partial charge in [-0.25, -0.2) is 4.39 Å². The fourth-order valence-corrected chi connectivity index (χ4v) is 2.78. The van der Waals surface area contributed by atoms with Gasteiger partial charge in [-0.15, -0.1) is 0 Å². The number of ether oxygens (including phenoxy) is 1. The van der Waals surface area contributed by atoms with E-state index in [1.165, 1.54) is 6.07 Å². The van der Waals surface area contributed by atoms with E-state index in [-0.39, 0.29) is 11.9 Å². The summed E-state index contributed by atoms with van der Waals surface area (Å²) in [5, 5.41) is 0.396. The summed E-state index contributed by atoms with van der Waals surface area (Å²) in [5.74, 6) is 0.394. The molecule has 0 saturated heterocycles. The van der Waals surface area contributed by atoms with Crippen molar-refractivity contribution in [3.8, 4) is 5.75 Å². The number of benzene rings is 2. The number of nitrogens with two attached hydrogens (primary N) is 1. The number of rotatable bonds is 4. The molecule has 0 saturated carbocycles. The molecule has 0 aliphatic rings. The predicted molar refractivity (Wildman–Crippen MR) is 82.7 cm³/mol. The smallest absolute Gasteiger partial charge is 0.133 e. The fraction of sp³-hybridized carbons (Fsp3) is 0.200. The Labute approximate surface area is 130 Å². The summed E-state index contributed by atoms with van der Waals surface area (Å²) < 4.78 is 19.7. The highest BCUT2D eigenvalue weighted by Gasteiger charge is 2.14. The predicted octanol–water partition coefficient (Wildman–Crippen LogP) is 4.49. The largest absolute Gasteiger partial charge is 0.496 e. The Morgan fingerprint density at radius 2 is 2.10 bits per heavy atom. The van der Waals surface area contributed by atoms with Crippen molar-refractivity contribution in [3.63, 3.8) is 0 Å². The molecule has 0 fully saturated rings. The van der Waals surface area contributed by atoms with Crippen molar-refractivity contribution in [1.29, 1.82) is 0 Å². The molecule has 2 rings (SSSR count). The molecular weight excluding hydrogens is 345 g/mol. The lowest BCUT2D eigenvalue weighted by molar-refractivity contribution is 0.412. The lowest BCUT2D eigenvalue weighted by Gasteiger charge is -2.15.